The van der Waals surface area contributed by atoms with E-state index >= 15 is 0 Å². The van der Waals surface area contributed by atoms with Gasteiger partial charge < -0.3 is 24.6 Å². The molecule has 4 rings (SSSR count). The third-order valence-corrected chi connectivity index (χ3v) is 5.32. The summed E-state index contributed by atoms with van der Waals surface area (Å²) < 4.78 is 10.5. The van der Waals surface area contributed by atoms with Gasteiger partial charge in [0, 0.05) is 37.9 Å². The predicted molar refractivity (Wildman–Crippen MR) is 110 cm³/mol. The number of aromatic nitrogens is 2. The lowest BCUT2D eigenvalue weighted by atomic mass is 10.1. The van der Waals surface area contributed by atoms with Crippen LogP contribution in [0.25, 0.3) is 0 Å². The van der Waals surface area contributed by atoms with Crippen LogP contribution in [0.15, 0.2) is 36.5 Å². The van der Waals surface area contributed by atoms with Gasteiger partial charge in [-0.3, -0.25) is 9.59 Å². The lowest BCUT2D eigenvalue weighted by Crippen LogP contribution is -2.37. The molecule has 9 nitrogen and oxygen atoms in total. The fraction of sp³-hybridized carbons (Fsp3) is 0.429. The van der Waals surface area contributed by atoms with Crippen molar-refractivity contribution in [2.75, 3.05) is 49.8 Å². The van der Waals surface area contributed by atoms with Crippen molar-refractivity contribution in [1.82, 2.24) is 15.3 Å². The lowest BCUT2D eigenvalue weighted by molar-refractivity contribution is -0.126. The number of methoxy groups -OCH3 is 1. The molecule has 0 aliphatic carbocycles. The van der Waals surface area contributed by atoms with Gasteiger partial charge >= 0.3 is 0 Å². The number of nitrogens with one attached hydrogen (secondary N) is 1. The molecule has 2 aliphatic heterocycles. The van der Waals surface area contributed by atoms with Crippen LogP contribution in [0.2, 0.25) is 0 Å². The molecule has 2 saturated heterocycles. The number of nitrogens with zero attached hydrogens (tertiary/aromatic N) is 4. The first-order chi connectivity index (χ1) is 14.6. The highest BCUT2D eigenvalue weighted by molar-refractivity contribution is 6.00. The summed E-state index contributed by atoms with van der Waals surface area (Å²) in [6.45, 7) is 3.48. The maximum atomic E-state index is 12.6. The molecule has 2 aliphatic rings. The molecule has 1 unspecified atom stereocenters. The van der Waals surface area contributed by atoms with E-state index in [1.54, 1.807) is 36.4 Å². The van der Waals surface area contributed by atoms with E-state index in [1.165, 1.54) is 0 Å². The Balaban J connectivity index is 1.33. The van der Waals surface area contributed by atoms with Gasteiger partial charge in [-0.15, -0.1) is 0 Å². The van der Waals surface area contributed by atoms with Gasteiger partial charge in [-0.05, 0) is 30.3 Å². The van der Waals surface area contributed by atoms with E-state index in [2.05, 4.69) is 20.2 Å². The first-order valence-corrected chi connectivity index (χ1v) is 10.0. The third kappa shape index (κ3) is 4.51. The van der Waals surface area contributed by atoms with Crippen molar-refractivity contribution in [3.05, 3.63) is 42.2 Å². The molecule has 2 aromatic rings. The van der Waals surface area contributed by atoms with Crippen molar-refractivity contribution in [3.8, 4) is 5.75 Å². The SMILES string of the molecule is COc1ccc(N2CC(C(=O)NCc3ccnc(N4CCOCC4)n3)CC2=O)cc1. The van der Waals surface area contributed by atoms with E-state index in [-0.39, 0.29) is 24.2 Å². The van der Waals surface area contributed by atoms with Gasteiger partial charge in [0.2, 0.25) is 17.8 Å². The summed E-state index contributed by atoms with van der Waals surface area (Å²) in [5, 5.41) is 2.91. The second kappa shape index (κ2) is 9.08. The Kier molecular flexibility index (Phi) is 6.08. The average Bonchev–Trinajstić information content (AvgIpc) is 3.20. The molecule has 1 atom stereocenters. The van der Waals surface area contributed by atoms with E-state index in [0.717, 1.165) is 30.2 Å². The van der Waals surface area contributed by atoms with Gasteiger partial charge in [0.25, 0.3) is 0 Å². The molecule has 1 aromatic heterocycles. The fourth-order valence-electron chi connectivity index (χ4n) is 3.62. The van der Waals surface area contributed by atoms with Gasteiger partial charge in [0.15, 0.2) is 0 Å². The second-order valence-corrected chi connectivity index (χ2v) is 7.27. The maximum Gasteiger partial charge on any atom is 0.227 e. The molecule has 0 spiro atoms. The second-order valence-electron chi connectivity index (χ2n) is 7.27. The molecule has 158 valence electrons. The first-order valence-electron chi connectivity index (χ1n) is 10.0. The summed E-state index contributed by atoms with van der Waals surface area (Å²) in [4.78, 5) is 37.6. The number of rotatable bonds is 6. The molecule has 9 heteroatoms. The van der Waals surface area contributed by atoms with E-state index in [1.807, 2.05) is 12.1 Å². The molecule has 0 bridgehead atoms. The first kappa shape index (κ1) is 20.1. The molecule has 1 N–H and O–H groups in total. The smallest absolute Gasteiger partial charge is 0.227 e. The Morgan fingerprint density at radius 3 is 2.73 bits per heavy atom. The Morgan fingerprint density at radius 2 is 2.00 bits per heavy atom. The molecule has 2 amide bonds. The van der Waals surface area contributed by atoms with Crippen molar-refractivity contribution in [3.63, 3.8) is 0 Å². The maximum absolute atomic E-state index is 12.6. The van der Waals surface area contributed by atoms with Crippen LogP contribution in [0.3, 0.4) is 0 Å². The molecule has 3 heterocycles. The molecular weight excluding hydrogens is 386 g/mol. The molecule has 1 aromatic carbocycles. The minimum Gasteiger partial charge on any atom is -0.497 e. The average molecular weight is 411 g/mol. The van der Waals surface area contributed by atoms with Crippen LogP contribution in [0.5, 0.6) is 5.75 Å². The zero-order valence-electron chi connectivity index (χ0n) is 16.9. The van der Waals surface area contributed by atoms with E-state index < -0.39 is 0 Å². The summed E-state index contributed by atoms with van der Waals surface area (Å²) >= 11 is 0. The Labute approximate surface area is 175 Å². The van der Waals surface area contributed by atoms with Gasteiger partial charge in [0.1, 0.15) is 5.75 Å². The van der Waals surface area contributed by atoms with Crippen LogP contribution < -0.4 is 19.9 Å². The number of anilines is 2. The quantitative estimate of drug-likeness (QED) is 0.757. The summed E-state index contributed by atoms with van der Waals surface area (Å²) in [5.41, 5.74) is 1.50. The topological polar surface area (TPSA) is 96.9 Å². The van der Waals surface area contributed by atoms with Crippen LogP contribution >= 0.6 is 0 Å². The molecule has 0 radical (unpaired) electrons. The Hall–Kier alpha value is -3.20. The summed E-state index contributed by atoms with van der Waals surface area (Å²) in [5.74, 6) is 0.774. The highest BCUT2D eigenvalue weighted by Crippen LogP contribution is 2.27. The van der Waals surface area contributed by atoms with Gasteiger partial charge in [-0.25, -0.2) is 9.97 Å². The van der Waals surface area contributed by atoms with Crippen molar-refractivity contribution >= 4 is 23.5 Å². The lowest BCUT2D eigenvalue weighted by Gasteiger charge is -2.26. The number of ether oxygens (including phenoxy) is 2. The van der Waals surface area contributed by atoms with Crippen LogP contribution in [0.1, 0.15) is 12.1 Å². The monoisotopic (exact) mass is 411 g/mol. The summed E-state index contributed by atoms with van der Waals surface area (Å²) in [6, 6.07) is 9.04. The number of hydrogen-bond donors (Lipinski definition) is 1. The van der Waals surface area contributed by atoms with Crippen molar-refractivity contribution in [2.45, 2.75) is 13.0 Å². The molecule has 0 saturated carbocycles. The van der Waals surface area contributed by atoms with Crippen molar-refractivity contribution in [2.24, 2.45) is 5.92 Å². The number of amides is 2. The summed E-state index contributed by atoms with van der Waals surface area (Å²) in [7, 11) is 1.60. The minimum absolute atomic E-state index is 0.0584. The van der Waals surface area contributed by atoms with Crippen LogP contribution in [0.4, 0.5) is 11.6 Å². The van der Waals surface area contributed by atoms with E-state index in [9.17, 15) is 9.59 Å². The van der Waals surface area contributed by atoms with Crippen molar-refractivity contribution in [1.29, 1.82) is 0 Å². The predicted octanol–water partition coefficient (Wildman–Crippen LogP) is 0.991. The zero-order valence-corrected chi connectivity index (χ0v) is 16.9. The normalized spacial score (nSPS) is 19.1. The standard InChI is InChI=1S/C21H25N5O4/c1-29-18-4-2-17(3-5-18)26-14-15(12-19(26)27)20(28)23-13-16-6-7-22-21(24-16)25-8-10-30-11-9-25/h2-7,15H,8-14H2,1H3,(H,23,28). The van der Waals surface area contributed by atoms with E-state index in [4.69, 9.17) is 9.47 Å². The number of hydrogen-bond acceptors (Lipinski definition) is 7. The third-order valence-electron chi connectivity index (χ3n) is 5.32. The largest absolute Gasteiger partial charge is 0.497 e. The summed E-state index contributed by atoms with van der Waals surface area (Å²) in [6.07, 6.45) is 1.89. The number of carbonyl (C=O) groups excluding carboxylic acids is 2. The van der Waals surface area contributed by atoms with E-state index in [0.29, 0.717) is 32.3 Å². The van der Waals surface area contributed by atoms with Crippen LogP contribution in [-0.4, -0.2) is 61.7 Å². The van der Waals surface area contributed by atoms with Crippen molar-refractivity contribution < 1.29 is 19.1 Å². The van der Waals surface area contributed by atoms with Crippen LogP contribution in [0, 0.1) is 5.92 Å². The number of benzene rings is 1. The number of carbonyl (C=O) groups is 2. The number of morpholine rings is 1. The Bertz CT molecular complexity index is 899. The van der Waals surface area contributed by atoms with Crippen LogP contribution in [-0.2, 0) is 20.9 Å². The fourth-order valence-corrected chi connectivity index (χ4v) is 3.62. The minimum atomic E-state index is -0.389. The highest BCUT2D eigenvalue weighted by atomic mass is 16.5. The molecular formula is C21H25N5O4. The van der Waals surface area contributed by atoms with Gasteiger partial charge in [-0.2, -0.15) is 0 Å². The molecule has 30 heavy (non-hydrogen) atoms. The Morgan fingerprint density at radius 1 is 1.23 bits per heavy atom. The molecule has 2 fully saturated rings. The van der Waals surface area contributed by atoms with Gasteiger partial charge in [0.05, 0.1) is 38.5 Å². The van der Waals surface area contributed by atoms with Gasteiger partial charge in [-0.1, -0.05) is 0 Å². The zero-order chi connectivity index (χ0) is 20.9. The highest BCUT2D eigenvalue weighted by Gasteiger charge is 2.35.